The third-order valence-corrected chi connectivity index (χ3v) is 4.68. The summed E-state index contributed by atoms with van der Waals surface area (Å²) >= 11 is 0. The molecule has 30 heavy (non-hydrogen) atoms. The first-order valence-corrected chi connectivity index (χ1v) is 10.3. The average Bonchev–Trinajstić information content (AvgIpc) is 3.12. The number of hydrogen-bond acceptors (Lipinski definition) is 8. The van der Waals surface area contributed by atoms with Crippen LogP contribution in [-0.2, 0) is 6.42 Å². The summed E-state index contributed by atoms with van der Waals surface area (Å²) in [6.07, 6.45) is 4.46. The van der Waals surface area contributed by atoms with Crippen molar-refractivity contribution < 1.29 is 14.6 Å². The van der Waals surface area contributed by atoms with Gasteiger partial charge in [-0.15, -0.1) is 5.10 Å². The largest absolute Gasteiger partial charge is 0.492 e. The van der Waals surface area contributed by atoms with Crippen molar-refractivity contribution in [1.82, 2.24) is 24.9 Å². The van der Waals surface area contributed by atoms with Crippen LogP contribution < -0.4 is 20.5 Å². The molecule has 9 heteroatoms. The van der Waals surface area contributed by atoms with E-state index in [0.29, 0.717) is 25.1 Å². The molecule has 0 saturated carbocycles. The predicted molar refractivity (Wildman–Crippen MR) is 115 cm³/mol. The van der Waals surface area contributed by atoms with Gasteiger partial charge < -0.3 is 25.6 Å². The molecule has 0 saturated heterocycles. The second-order valence-electron chi connectivity index (χ2n) is 7.08. The number of nitrogens with zero attached hydrogens (tertiary/aromatic N) is 4. The maximum Gasteiger partial charge on any atom is 0.336 e. The lowest BCUT2D eigenvalue weighted by Crippen LogP contribution is -2.20. The zero-order valence-corrected chi connectivity index (χ0v) is 17.5. The molecule has 0 aliphatic carbocycles. The number of nitrogens with two attached hydrogens (primary N) is 1. The Balaban J connectivity index is 1.81. The van der Waals surface area contributed by atoms with E-state index in [1.165, 1.54) is 0 Å². The molecule has 0 unspecified atom stereocenters. The Morgan fingerprint density at radius 3 is 2.93 bits per heavy atom. The van der Waals surface area contributed by atoms with Crippen LogP contribution in [0.3, 0.4) is 0 Å². The molecule has 0 fully saturated rings. The van der Waals surface area contributed by atoms with Gasteiger partial charge in [0.15, 0.2) is 11.5 Å². The number of aliphatic hydroxyl groups excluding tert-OH is 1. The van der Waals surface area contributed by atoms with Gasteiger partial charge in [-0.05, 0) is 31.2 Å². The van der Waals surface area contributed by atoms with Crippen molar-refractivity contribution in [3.63, 3.8) is 0 Å². The quantitative estimate of drug-likeness (QED) is 0.384. The molecule has 3 aromatic rings. The Bertz CT molecular complexity index is 940. The van der Waals surface area contributed by atoms with E-state index in [9.17, 15) is 5.11 Å². The lowest BCUT2D eigenvalue weighted by atomic mass is 10.1. The van der Waals surface area contributed by atoms with Crippen molar-refractivity contribution in [2.24, 2.45) is 0 Å². The molecule has 9 nitrogen and oxygen atoms in total. The van der Waals surface area contributed by atoms with Crippen LogP contribution >= 0.6 is 0 Å². The van der Waals surface area contributed by atoms with Gasteiger partial charge in [0, 0.05) is 26.0 Å². The number of anilines is 1. The molecule has 1 aromatic carbocycles. The molecular formula is C21H30N6O3. The monoisotopic (exact) mass is 414 g/mol. The van der Waals surface area contributed by atoms with Gasteiger partial charge in [-0.25, -0.2) is 9.50 Å². The Labute approximate surface area is 176 Å². The second-order valence-corrected chi connectivity index (χ2v) is 7.08. The fraction of sp³-hybridized carbons (Fsp3) is 0.476. The van der Waals surface area contributed by atoms with E-state index in [4.69, 9.17) is 15.2 Å². The highest BCUT2D eigenvalue weighted by molar-refractivity contribution is 5.59. The predicted octanol–water partition coefficient (Wildman–Crippen LogP) is 1.83. The molecule has 0 bridgehead atoms. The highest BCUT2D eigenvalue weighted by Crippen LogP contribution is 2.20. The van der Waals surface area contributed by atoms with Crippen LogP contribution in [0.25, 0.3) is 5.65 Å². The second kappa shape index (κ2) is 10.7. The summed E-state index contributed by atoms with van der Waals surface area (Å²) in [5.41, 5.74) is 8.52. The van der Waals surface area contributed by atoms with Crippen LogP contribution in [-0.4, -0.2) is 57.6 Å². The lowest BCUT2D eigenvalue weighted by Gasteiger charge is -2.16. The Morgan fingerprint density at radius 1 is 1.30 bits per heavy atom. The average molecular weight is 415 g/mol. The normalized spacial score (nSPS) is 12.2. The number of fused-ring (bicyclic) bond motifs is 1. The van der Waals surface area contributed by atoms with E-state index in [2.05, 4.69) is 27.3 Å². The molecule has 0 spiro atoms. The minimum absolute atomic E-state index is 0.0471. The van der Waals surface area contributed by atoms with E-state index in [1.807, 2.05) is 31.3 Å². The summed E-state index contributed by atoms with van der Waals surface area (Å²) in [7, 11) is 1.89. The first kappa shape index (κ1) is 21.8. The van der Waals surface area contributed by atoms with Crippen LogP contribution in [0.1, 0.15) is 37.4 Å². The van der Waals surface area contributed by atoms with Gasteiger partial charge in [0.05, 0.1) is 11.9 Å². The van der Waals surface area contributed by atoms with Crippen molar-refractivity contribution in [2.45, 2.75) is 38.7 Å². The SMILES string of the molecule is CCC[C@H](CCO)Oc1nc(N)c2ncc(Cc3cccc(OCCNC)c3)n2n1. The molecule has 0 radical (unpaired) electrons. The molecule has 4 N–H and O–H groups in total. The molecule has 2 aromatic heterocycles. The van der Waals surface area contributed by atoms with Gasteiger partial charge in [0.2, 0.25) is 0 Å². The third kappa shape index (κ3) is 5.58. The van der Waals surface area contributed by atoms with E-state index >= 15 is 0 Å². The summed E-state index contributed by atoms with van der Waals surface area (Å²) in [5.74, 6) is 1.08. The van der Waals surface area contributed by atoms with Crippen molar-refractivity contribution >= 4 is 11.5 Å². The minimum atomic E-state index is -0.157. The standard InChI is InChI=1S/C21H30N6O3/c1-3-5-17(8-10-28)30-21-25-19(22)20-24-14-16(27(20)26-21)12-15-6-4-7-18(13-15)29-11-9-23-2/h4,6-7,13-14,17,23,28H,3,5,8-12H2,1-2H3,(H2,22,25,26)/t17-/m1/s1. The zero-order valence-electron chi connectivity index (χ0n) is 17.5. The van der Waals surface area contributed by atoms with E-state index < -0.39 is 0 Å². The van der Waals surface area contributed by atoms with Gasteiger partial charge in [0.1, 0.15) is 18.5 Å². The summed E-state index contributed by atoms with van der Waals surface area (Å²) in [5, 5.41) is 16.8. The van der Waals surface area contributed by atoms with Crippen LogP contribution in [0.5, 0.6) is 11.8 Å². The number of nitrogen functional groups attached to an aromatic ring is 1. The zero-order chi connectivity index (χ0) is 21.3. The van der Waals surface area contributed by atoms with E-state index in [0.717, 1.165) is 36.4 Å². The highest BCUT2D eigenvalue weighted by Gasteiger charge is 2.16. The van der Waals surface area contributed by atoms with E-state index in [1.54, 1.807) is 10.7 Å². The van der Waals surface area contributed by atoms with E-state index in [-0.39, 0.29) is 24.5 Å². The molecular weight excluding hydrogens is 384 g/mol. The fourth-order valence-corrected chi connectivity index (χ4v) is 3.20. The van der Waals surface area contributed by atoms with Crippen LogP contribution in [0, 0.1) is 0 Å². The molecule has 0 aliphatic rings. The van der Waals surface area contributed by atoms with Crippen molar-refractivity contribution in [2.75, 3.05) is 32.5 Å². The molecule has 0 amide bonds. The molecule has 1 atom stereocenters. The third-order valence-electron chi connectivity index (χ3n) is 4.68. The van der Waals surface area contributed by atoms with Crippen LogP contribution in [0.15, 0.2) is 30.5 Å². The van der Waals surface area contributed by atoms with Crippen molar-refractivity contribution in [1.29, 1.82) is 0 Å². The molecule has 2 heterocycles. The van der Waals surface area contributed by atoms with Gasteiger partial charge in [0.25, 0.3) is 0 Å². The smallest absolute Gasteiger partial charge is 0.336 e. The summed E-state index contributed by atoms with van der Waals surface area (Å²) in [6, 6.07) is 8.14. The van der Waals surface area contributed by atoms with Gasteiger partial charge in [-0.1, -0.05) is 25.5 Å². The number of nitrogens with one attached hydrogen (secondary N) is 1. The van der Waals surface area contributed by atoms with Crippen molar-refractivity contribution in [3.8, 4) is 11.8 Å². The van der Waals surface area contributed by atoms with Gasteiger partial charge in [-0.3, -0.25) is 0 Å². The minimum Gasteiger partial charge on any atom is -0.492 e. The molecule has 0 aliphatic heterocycles. The Kier molecular flexibility index (Phi) is 7.81. The first-order chi connectivity index (χ1) is 14.6. The van der Waals surface area contributed by atoms with Crippen molar-refractivity contribution in [3.05, 3.63) is 41.7 Å². The topological polar surface area (TPSA) is 120 Å². The number of ether oxygens (including phenoxy) is 2. The van der Waals surface area contributed by atoms with Crippen LogP contribution in [0.2, 0.25) is 0 Å². The lowest BCUT2D eigenvalue weighted by molar-refractivity contribution is 0.133. The van der Waals surface area contributed by atoms with Gasteiger partial charge >= 0.3 is 6.01 Å². The molecule has 162 valence electrons. The number of aliphatic hydroxyl groups is 1. The molecule has 3 rings (SSSR count). The Hall–Kier alpha value is -2.91. The van der Waals surface area contributed by atoms with Gasteiger partial charge in [-0.2, -0.15) is 4.98 Å². The number of rotatable bonds is 12. The summed E-state index contributed by atoms with van der Waals surface area (Å²) < 4.78 is 13.3. The number of benzene rings is 1. The number of imidazole rings is 1. The number of hydrogen-bond donors (Lipinski definition) is 3. The fourth-order valence-electron chi connectivity index (χ4n) is 3.20. The summed E-state index contributed by atoms with van der Waals surface area (Å²) in [4.78, 5) is 8.60. The Morgan fingerprint density at radius 2 is 2.17 bits per heavy atom. The maximum atomic E-state index is 9.26. The maximum absolute atomic E-state index is 9.26. The van der Waals surface area contributed by atoms with Crippen LogP contribution in [0.4, 0.5) is 5.82 Å². The number of aromatic nitrogens is 4. The highest BCUT2D eigenvalue weighted by atomic mass is 16.5. The number of likely N-dealkylation sites (N-methyl/N-ethyl adjacent to an activating group) is 1. The summed E-state index contributed by atoms with van der Waals surface area (Å²) in [6.45, 7) is 3.50. The first-order valence-electron chi connectivity index (χ1n) is 10.3.